The van der Waals surface area contributed by atoms with Gasteiger partial charge < -0.3 is 10.1 Å². The Morgan fingerprint density at radius 1 is 1.30 bits per heavy atom. The van der Waals surface area contributed by atoms with E-state index in [-0.39, 0.29) is 21.5 Å². The van der Waals surface area contributed by atoms with E-state index in [1.807, 2.05) is 0 Å². The maximum Gasteiger partial charge on any atom is 0.312 e. The molecule has 0 saturated carbocycles. The van der Waals surface area contributed by atoms with Gasteiger partial charge in [-0.15, -0.1) is 0 Å². The molecule has 0 unspecified atom stereocenters. The van der Waals surface area contributed by atoms with Crippen molar-refractivity contribution in [3.05, 3.63) is 32.3 Å². The number of rotatable bonds is 5. The summed E-state index contributed by atoms with van der Waals surface area (Å²) < 4.78 is 5.49. The van der Waals surface area contributed by atoms with Crippen LogP contribution in [0, 0.1) is 10.1 Å². The van der Waals surface area contributed by atoms with Gasteiger partial charge in [0.05, 0.1) is 15.0 Å². The van der Waals surface area contributed by atoms with Crippen LogP contribution in [0.25, 0.3) is 0 Å². The van der Waals surface area contributed by atoms with Crippen molar-refractivity contribution >= 4 is 28.9 Å². The van der Waals surface area contributed by atoms with Crippen LogP contribution in [0.4, 0.5) is 5.69 Å². The average molecular weight is 320 g/mol. The van der Waals surface area contributed by atoms with Crippen LogP contribution in [0.1, 0.15) is 0 Å². The first-order valence-corrected chi connectivity index (χ1v) is 7.03. The van der Waals surface area contributed by atoms with Gasteiger partial charge in [-0.1, -0.05) is 23.2 Å². The second-order valence-electron chi connectivity index (χ2n) is 4.43. The quantitative estimate of drug-likeness (QED) is 0.665. The highest BCUT2D eigenvalue weighted by atomic mass is 35.5. The summed E-state index contributed by atoms with van der Waals surface area (Å²) in [5.74, 6) is 0.152. The zero-order valence-corrected chi connectivity index (χ0v) is 12.3. The van der Waals surface area contributed by atoms with E-state index in [1.165, 1.54) is 12.1 Å². The molecule has 2 rings (SSSR count). The Labute approximate surface area is 126 Å². The maximum atomic E-state index is 11.0. The standard InChI is InChI=1S/C12H15Cl2N3O3/c13-9-7-11(17(18)19)12(8-10(9)14)20-6-5-16-3-1-15-2-4-16/h7-8,15H,1-6H2. The molecule has 1 fully saturated rings. The van der Waals surface area contributed by atoms with Gasteiger partial charge >= 0.3 is 5.69 Å². The predicted octanol–water partition coefficient (Wildman–Crippen LogP) is 2.19. The molecule has 0 atom stereocenters. The van der Waals surface area contributed by atoms with Gasteiger partial charge in [-0.25, -0.2) is 0 Å². The van der Waals surface area contributed by atoms with Gasteiger partial charge in [-0.2, -0.15) is 0 Å². The third-order valence-electron chi connectivity index (χ3n) is 3.07. The molecule has 1 heterocycles. The van der Waals surface area contributed by atoms with Crippen LogP contribution >= 0.6 is 23.2 Å². The van der Waals surface area contributed by atoms with E-state index < -0.39 is 4.92 Å². The van der Waals surface area contributed by atoms with E-state index >= 15 is 0 Å². The van der Waals surface area contributed by atoms with Crippen molar-refractivity contribution < 1.29 is 9.66 Å². The van der Waals surface area contributed by atoms with E-state index in [9.17, 15) is 10.1 Å². The Kier molecular flexibility index (Phi) is 5.42. The molecule has 1 aliphatic heterocycles. The summed E-state index contributed by atoms with van der Waals surface area (Å²) in [6.07, 6.45) is 0. The molecule has 110 valence electrons. The average Bonchev–Trinajstić information content (AvgIpc) is 2.43. The second kappa shape index (κ2) is 7.08. The molecule has 8 heteroatoms. The van der Waals surface area contributed by atoms with Crippen LogP contribution < -0.4 is 10.1 Å². The minimum Gasteiger partial charge on any atom is -0.485 e. The molecule has 1 aliphatic rings. The fourth-order valence-corrected chi connectivity index (χ4v) is 2.31. The number of benzene rings is 1. The van der Waals surface area contributed by atoms with Crippen molar-refractivity contribution in [2.75, 3.05) is 39.3 Å². The van der Waals surface area contributed by atoms with Crippen molar-refractivity contribution in [2.24, 2.45) is 0 Å². The molecule has 0 aliphatic carbocycles. The summed E-state index contributed by atoms with van der Waals surface area (Å²) >= 11 is 11.6. The fraction of sp³-hybridized carbons (Fsp3) is 0.500. The molecule has 1 saturated heterocycles. The second-order valence-corrected chi connectivity index (χ2v) is 5.25. The molecule has 1 N–H and O–H groups in total. The molecule has 0 aromatic heterocycles. The summed E-state index contributed by atoms with van der Waals surface area (Å²) in [6.45, 7) is 4.90. The highest BCUT2D eigenvalue weighted by Gasteiger charge is 2.19. The lowest BCUT2D eigenvalue weighted by Crippen LogP contribution is -2.44. The smallest absolute Gasteiger partial charge is 0.312 e. The number of nitro groups is 1. The Morgan fingerprint density at radius 3 is 2.60 bits per heavy atom. The van der Waals surface area contributed by atoms with Gasteiger partial charge in [0.25, 0.3) is 0 Å². The third kappa shape index (κ3) is 3.96. The molecule has 0 bridgehead atoms. The number of halogens is 2. The Hall–Kier alpha value is -1.08. The number of nitro benzene ring substituents is 1. The van der Waals surface area contributed by atoms with Gasteiger partial charge in [-0.05, 0) is 0 Å². The molecule has 0 amide bonds. The number of ether oxygens (including phenoxy) is 1. The van der Waals surface area contributed by atoms with Gasteiger partial charge in [-0.3, -0.25) is 15.0 Å². The molecular weight excluding hydrogens is 305 g/mol. The zero-order valence-electron chi connectivity index (χ0n) is 10.8. The summed E-state index contributed by atoms with van der Waals surface area (Å²) in [5, 5.41) is 14.6. The molecule has 0 radical (unpaired) electrons. The Morgan fingerprint density at radius 2 is 1.95 bits per heavy atom. The number of nitrogens with zero attached hydrogens (tertiary/aromatic N) is 2. The van der Waals surface area contributed by atoms with Crippen LogP contribution in [-0.2, 0) is 0 Å². The van der Waals surface area contributed by atoms with Gasteiger partial charge in [0.15, 0.2) is 5.75 Å². The van der Waals surface area contributed by atoms with E-state index in [4.69, 9.17) is 27.9 Å². The van der Waals surface area contributed by atoms with Gasteiger partial charge in [0.1, 0.15) is 6.61 Å². The van der Waals surface area contributed by atoms with Gasteiger partial charge in [0, 0.05) is 44.9 Å². The van der Waals surface area contributed by atoms with E-state index in [0.717, 1.165) is 32.7 Å². The van der Waals surface area contributed by atoms with Crippen LogP contribution in [0.15, 0.2) is 12.1 Å². The van der Waals surface area contributed by atoms with Crippen LogP contribution in [0.5, 0.6) is 5.75 Å². The first-order valence-electron chi connectivity index (χ1n) is 6.27. The van der Waals surface area contributed by atoms with Crippen molar-refractivity contribution in [3.8, 4) is 5.75 Å². The first kappa shape index (κ1) is 15.3. The monoisotopic (exact) mass is 319 g/mol. The minimum atomic E-state index is -0.525. The molecular formula is C12H15Cl2N3O3. The largest absolute Gasteiger partial charge is 0.485 e. The number of piperazine rings is 1. The number of hydrogen-bond donors (Lipinski definition) is 1. The summed E-state index contributed by atoms with van der Waals surface area (Å²) in [7, 11) is 0. The third-order valence-corrected chi connectivity index (χ3v) is 3.80. The normalized spacial score (nSPS) is 16.1. The lowest BCUT2D eigenvalue weighted by molar-refractivity contribution is -0.385. The van der Waals surface area contributed by atoms with Crippen LogP contribution in [0.2, 0.25) is 10.0 Å². The fourth-order valence-electron chi connectivity index (χ4n) is 2.00. The number of nitrogens with one attached hydrogen (secondary N) is 1. The van der Waals surface area contributed by atoms with Crippen molar-refractivity contribution in [1.29, 1.82) is 0 Å². The summed E-state index contributed by atoms with van der Waals surface area (Å²) in [5.41, 5.74) is -0.167. The highest BCUT2D eigenvalue weighted by Crippen LogP contribution is 2.35. The summed E-state index contributed by atoms with van der Waals surface area (Å²) in [4.78, 5) is 12.7. The molecule has 0 spiro atoms. The lowest BCUT2D eigenvalue weighted by Gasteiger charge is -2.26. The predicted molar refractivity (Wildman–Crippen MR) is 77.9 cm³/mol. The molecule has 1 aromatic carbocycles. The lowest BCUT2D eigenvalue weighted by atomic mass is 10.3. The van der Waals surface area contributed by atoms with Crippen molar-refractivity contribution in [3.63, 3.8) is 0 Å². The highest BCUT2D eigenvalue weighted by molar-refractivity contribution is 6.42. The topological polar surface area (TPSA) is 67.6 Å². The SMILES string of the molecule is O=[N+]([O-])c1cc(Cl)c(Cl)cc1OCCN1CCNCC1. The molecule has 20 heavy (non-hydrogen) atoms. The van der Waals surface area contributed by atoms with E-state index in [1.54, 1.807) is 0 Å². The van der Waals surface area contributed by atoms with Gasteiger partial charge in [0.2, 0.25) is 0 Å². The zero-order chi connectivity index (χ0) is 14.5. The van der Waals surface area contributed by atoms with E-state index in [2.05, 4.69) is 10.2 Å². The van der Waals surface area contributed by atoms with Crippen molar-refractivity contribution in [1.82, 2.24) is 10.2 Å². The first-order chi connectivity index (χ1) is 9.58. The molecule has 6 nitrogen and oxygen atoms in total. The minimum absolute atomic E-state index is 0.146. The van der Waals surface area contributed by atoms with Crippen LogP contribution in [-0.4, -0.2) is 49.2 Å². The Bertz CT molecular complexity index is 493. The number of hydrogen-bond acceptors (Lipinski definition) is 5. The Balaban J connectivity index is 1.97. The van der Waals surface area contributed by atoms with Crippen LogP contribution in [0.3, 0.4) is 0 Å². The van der Waals surface area contributed by atoms with E-state index in [0.29, 0.717) is 6.61 Å². The summed E-state index contributed by atoms with van der Waals surface area (Å²) in [6, 6.07) is 2.60. The van der Waals surface area contributed by atoms with Crippen molar-refractivity contribution in [2.45, 2.75) is 0 Å². The maximum absolute atomic E-state index is 11.0. The molecule has 1 aromatic rings.